The summed E-state index contributed by atoms with van der Waals surface area (Å²) in [5.74, 6) is 0.0779. The molecule has 2 heterocycles. The Bertz CT molecular complexity index is 904. The van der Waals surface area contributed by atoms with Crippen molar-refractivity contribution < 1.29 is 14.3 Å². The molecule has 0 saturated carbocycles. The van der Waals surface area contributed by atoms with E-state index in [1.165, 1.54) is 0 Å². The van der Waals surface area contributed by atoms with Crippen LogP contribution in [0.4, 0.5) is 5.69 Å². The van der Waals surface area contributed by atoms with Gasteiger partial charge in [-0.1, -0.05) is 49.4 Å². The Labute approximate surface area is 190 Å². The summed E-state index contributed by atoms with van der Waals surface area (Å²) in [5, 5.41) is 3.27. The van der Waals surface area contributed by atoms with E-state index in [1.54, 1.807) is 0 Å². The number of benzene rings is 2. The van der Waals surface area contributed by atoms with Gasteiger partial charge in [0.05, 0.1) is 24.7 Å². The Balaban J connectivity index is 1.37. The summed E-state index contributed by atoms with van der Waals surface area (Å²) in [6, 6.07) is 18.0. The lowest BCUT2D eigenvalue weighted by Gasteiger charge is -2.36. The second-order valence-corrected chi connectivity index (χ2v) is 8.56. The number of anilines is 1. The van der Waals surface area contributed by atoms with Crippen LogP contribution in [0.25, 0.3) is 0 Å². The molecule has 2 fully saturated rings. The zero-order valence-corrected chi connectivity index (χ0v) is 18.8. The highest BCUT2D eigenvalue weighted by Gasteiger charge is 2.28. The summed E-state index contributed by atoms with van der Waals surface area (Å²) >= 11 is 0. The highest BCUT2D eigenvalue weighted by Crippen LogP contribution is 2.26. The molecule has 2 aromatic rings. The summed E-state index contributed by atoms with van der Waals surface area (Å²) in [5.41, 5.74) is 2.82. The van der Waals surface area contributed by atoms with Crippen LogP contribution in [0.1, 0.15) is 48.0 Å². The first kappa shape index (κ1) is 22.3. The molecule has 2 aliphatic rings. The fourth-order valence-electron chi connectivity index (χ4n) is 4.69. The van der Waals surface area contributed by atoms with Gasteiger partial charge in [0.25, 0.3) is 5.91 Å². The maximum atomic E-state index is 13.1. The topological polar surface area (TPSA) is 61.9 Å². The van der Waals surface area contributed by atoms with Crippen LogP contribution in [0.15, 0.2) is 54.6 Å². The zero-order chi connectivity index (χ0) is 22.3. The number of nitrogens with zero attached hydrogens (tertiary/aromatic N) is 2. The maximum absolute atomic E-state index is 13.1. The summed E-state index contributed by atoms with van der Waals surface area (Å²) in [7, 11) is 0. The van der Waals surface area contributed by atoms with E-state index >= 15 is 0 Å². The summed E-state index contributed by atoms with van der Waals surface area (Å²) in [6.45, 7) is 6.17. The van der Waals surface area contributed by atoms with Crippen LogP contribution in [-0.4, -0.2) is 62.1 Å². The molecule has 0 spiro atoms. The number of ether oxygens (including phenoxy) is 1. The van der Waals surface area contributed by atoms with Crippen LogP contribution >= 0.6 is 0 Å². The molecule has 4 rings (SSSR count). The predicted molar refractivity (Wildman–Crippen MR) is 126 cm³/mol. The van der Waals surface area contributed by atoms with Crippen LogP contribution in [0.5, 0.6) is 0 Å². The van der Waals surface area contributed by atoms with Gasteiger partial charge in [-0.3, -0.25) is 9.59 Å². The van der Waals surface area contributed by atoms with Gasteiger partial charge < -0.3 is 19.9 Å². The first-order valence-electron chi connectivity index (χ1n) is 11.7. The largest absolute Gasteiger partial charge is 0.378 e. The Morgan fingerprint density at radius 2 is 1.62 bits per heavy atom. The van der Waals surface area contributed by atoms with Gasteiger partial charge in [0.15, 0.2) is 0 Å². The van der Waals surface area contributed by atoms with E-state index in [-0.39, 0.29) is 23.8 Å². The number of carbonyl (C=O) groups is 2. The second kappa shape index (κ2) is 10.6. The minimum absolute atomic E-state index is 0.0768. The molecule has 1 N–H and O–H groups in total. The zero-order valence-electron chi connectivity index (χ0n) is 18.8. The molecule has 1 unspecified atom stereocenters. The number of nitrogens with one attached hydrogen (secondary N) is 1. The van der Waals surface area contributed by atoms with Crippen molar-refractivity contribution in [3.63, 3.8) is 0 Å². The first-order chi connectivity index (χ1) is 15.7. The number of hydrogen-bond donors (Lipinski definition) is 1. The molecule has 6 nitrogen and oxygen atoms in total. The lowest BCUT2D eigenvalue weighted by molar-refractivity contribution is -0.123. The van der Waals surface area contributed by atoms with Crippen molar-refractivity contribution in [2.75, 3.05) is 44.3 Å². The smallest absolute Gasteiger partial charge is 0.256 e. The van der Waals surface area contributed by atoms with Crippen molar-refractivity contribution in [2.24, 2.45) is 0 Å². The molecule has 0 aromatic heterocycles. The second-order valence-electron chi connectivity index (χ2n) is 8.56. The lowest BCUT2D eigenvalue weighted by atomic mass is 9.94. The van der Waals surface area contributed by atoms with E-state index in [9.17, 15) is 9.59 Å². The SMILES string of the molecule is CCC(C(=O)NC1CCN(c2ccccc2C(=O)N2CCOCC2)CC1)c1ccccc1. The molecule has 2 amide bonds. The van der Waals surface area contributed by atoms with E-state index in [0.29, 0.717) is 26.3 Å². The minimum atomic E-state index is -0.110. The van der Waals surface area contributed by atoms with Gasteiger partial charge in [-0.25, -0.2) is 0 Å². The average Bonchev–Trinajstić information content (AvgIpc) is 2.86. The number of para-hydroxylation sites is 1. The number of carbonyl (C=O) groups excluding carboxylic acids is 2. The Morgan fingerprint density at radius 3 is 2.31 bits per heavy atom. The third-order valence-electron chi connectivity index (χ3n) is 6.54. The Hall–Kier alpha value is -2.86. The van der Waals surface area contributed by atoms with E-state index in [1.807, 2.05) is 59.5 Å². The molecule has 170 valence electrons. The number of hydrogen-bond acceptors (Lipinski definition) is 4. The first-order valence-corrected chi connectivity index (χ1v) is 11.7. The molecule has 0 aliphatic carbocycles. The van der Waals surface area contributed by atoms with Crippen LogP contribution < -0.4 is 10.2 Å². The van der Waals surface area contributed by atoms with E-state index in [4.69, 9.17) is 4.74 Å². The fraction of sp³-hybridized carbons (Fsp3) is 0.462. The van der Waals surface area contributed by atoms with Crippen molar-refractivity contribution in [2.45, 2.75) is 38.1 Å². The van der Waals surface area contributed by atoms with Crippen LogP contribution in [0.2, 0.25) is 0 Å². The van der Waals surface area contributed by atoms with Gasteiger partial charge in [0.2, 0.25) is 5.91 Å². The van der Waals surface area contributed by atoms with Crippen molar-refractivity contribution in [3.8, 4) is 0 Å². The van der Waals surface area contributed by atoms with Crippen molar-refractivity contribution in [1.29, 1.82) is 0 Å². The molecule has 1 atom stereocenters. The van der Waals surface area contributed by atoms with E-state index < -0.39 is 0 Å². The van der Waals surface area contributed by atoms with Crippen LogP contribution in [0.3, 0.4) is 0 Å². The van der Waals surface area contributed by atoms with Gasteiger partial charge in [-0.15, -0.1) is 0 Å². The van der Waals surface area contributed by atoms with Crippen molar-refractivity contribution >= 4 is 17.5 Å². The molecule has 2 saturated heterocycles. The van der Waals surface area contributed by atoms with Crippen molar-refractivity contribution in [3.05, 3.63) is 65.7 Å². The molecule has 2 aliphatic heterocycles. The number of amides is 2. The van der Waals surface area contributed by atoms with E-state index in [2.05, 4.69) is 17.1 Å². The monoisotopic (exact) mass is 435 g/mol. The van der Waals surface area contributed by atoms with Gasteiger partial charge in [0.1, 0.15) is 0 Å². The molecule has 2 aromatic carbocycles. The van der Waals surface area contributed by atoms with E-state index in [0.717, 1.165) is 49.2 Å². The average molecular weight is 436 g/mol. The molecule has 32 heavy (non-hydrogen) atoms. The highest BCUT2D eigenvalue weighted by molar-refractivity contribution is 6.00. The lowest BCUT2D eigenvalue weighted by Crippen LogP contribution is -2.46. The van der Waals surface area contributed by atoms with Gasteiger partial charge in [-0.05, 0) is 37.0 Å². The molecule has 0 bridgehead atoms. The fourth-order valence-corrected chi connectivity index (χ4v) is 4.69. The molecule has 0 radical (unpaired) electrons. The van der Waals surface area contributed by atoms with Crippen molar-refractivity contribution in [1.82, 2.24) is 10.2 Å². The molecular weight excluding hydrogens is 402 g/mol. The molecule has 6 heteroatoms. The maximum Gasteiger partial charge on any atom is 0.256 e. The number of piperidine rings is 1. The summed E-state index contributed by atoms with van der Waals surface area (Å²) in [4.78, 5) is 30.2. The predicted octanol–water partition coefficient (Wildman–Crippen LogP) is 3.44. The summed E-state index contributed by atoms with van der Waals surface area (Å²) in [6.07, 6.45) is 2.53. The molecular formula is C26H33N3O3. The van der Waals surface area contributed by atoms with Gasteiger partial charge in [0, 0.05) is 37.9 Å². The third-order valence-corrected chi connectivity index (χ3v) is 6.54. The van der Waals surface area contributed by atoms with Gasteiger partial charge >= 0.3 is 0 Å². The summed E-state index contributed by atoms with van der Waals surface area (Å²) < 4.78 is 5.39. The normalized spacial score (nSPS) is 18.3. The Kier molecular flexibility index (Phi) is 7.43. The quantitative estimate of drug-likeness (QED) is 0.755. The van der Waals surface area contributed by atoms with Gasteiger partial charge in [-0.2, -0.15) is 0 Å². The third kappa shape index (κ3) is 5.13. The number of rotatable bonds is 6. The Morgan fingerprint density at radius 1 is 0.969 bits per heavy atom. The highest BCUT2D eigenvalue weighted by atomic mass is 16.5. The van der Waals surface area contributed by atoms with Crippen LogP contribution in [-0.2, 0) is 9.53 Å². The van der Waals surface area contributed by atoms with Crippen LogP contribution in [0, 0.1) is 0 Å². The minimum Gasteiger partial charge on any atom is -0.378 e. The number of morpholine rings is 1. The standard InChI is InChI=1S/C26H33N3O3/c1-2-22(20-8-4-3-5-9-20)25(30)27-21-12-14-28(15-13-21)24-11-7-6-10-23(24)26(31)29-16-18-32-19-17-29/h3-11,21-22H,2,12-19H2,1H3,(H,27,30).